The molecule has 0 aromatic heterocycles. The summed E-state index contributed by atoms with van der Waals surface area (Å²) in [5.41, 5.74) is 5.47. The highest BCUT2D eigenvalue weighted by Crippen LogP contribution is 2.23. The van der Waals surface area contributed by atoms with Crippen molar-refractivity contribution >= 4 is 15.7 Å². The molecule has 0 amide bonds. The molecule has 0 spiro atoms. The second-order valence-electron chi connectivity index (χ2n) is 4.19. The van der Waals surface area contributed by atoms with E-state index in [1.54, 1.807) is 0 Å². The molecule has 1 rings (SSSR count). The lowest BCUT2D eigenvalue weighted by Crippen LogP contribution is -2.32. The van der Waals surface area contributed by atoms with E-state index in [-0.39, 0.29) is 22.7 Å². The molecule has 4 nitrogen and oxygen atoms in total. The summed E-state index contributed by atoms with van der Waals surface area (Å²) in [6.45, 7) is 3.61. The third-order valence-electron chi connectivity index (χ3n) is 2.63. The summed E-state index contributed by atoms with van der Waals surface area (Å²) in [5, 5.41) is 0. The van der Waals surface area contributed by atoms with E-state index in [1.165, 1.54) is 17.3 Å². The summed E-state index contributed by atoms with van der Waals surface area (Å²) in [6.07, 6.45) is 5.81. The Morgan fingerprint density at radius 1 is 1.47 bits per heavy atom. The first-order chi connectivity index (χ1) is 8.84. The fourth-order valence-corrected chi connectivity index (χ4v) is 3.26. The van der Waals surface area contributed by atoms with Gasteiger partial charge in [-0.3, -0.25) is 0 Å². The molecule has 0 radical (unpaired) electrons. The molecular formula is C13H17FN2O2S. The summed E-state index contributed by atoms with van der Waals surface area (Å²) in [6, 6.07) is 2.39. The minimum absolute atomic E-state index is 0.0213. The van der Waals surface area contributed by atoms with Gasteiger partial charge in [0.1, 0.15) is 5.82 Å². The summed E-state index contributed by atoms with van der Waals surface area (Å²) >= 11 is 0. The molecule has 0 fully saturated rings. The summed E-state index contributed by atoms with van der Waals surface area (Å²) in [7, 11) is -3.74. The molecule has 0 bridgehead atoms. The van der Waals surface area contributed by atoms with Crippen LogP contribution in [0.5, 0.6) is 0 Å². The highest BCUT2D eigenvalue weighted by Gasteiger charge is 2.24. The molecule has 1 aromatic rings. The predicted molar refractivity (Wildman–Crippen MR) is 73.4 cm³/mol. The van der Waals surface area contributed by atoms with Crippen LogP contribution in [-0.4, -0.2) is 25.8 Å². The van der Waals surface area contributed by atoms with Gasteiger partial charge in [-0.05, 0) is 31.0 Å². The zero-order chi connectivity index (χ0) is 14.6. The zero-order valence-electron chi connectivity index (χ0n) is 11.0. The zero-order valence-corrected chi connectivity index (χ0v) is 11.8. The number of terminal acetylenes is 1. The lowest BCUT2D eigenvalue weighted by Gasteiger charge is -2.19. The molecule has 0 aliphatic rings. The van der Waals surface area contributed by atoms with Gasteiger partial charge < -0.3 is 5.73 Å². The van der Waals surface area contributed by atoms with Crippen LogP contribution < -0.4 is 5.73 Å². The Morgan fingerprint density at radius 2 is 2.11 bits per heavy atom. The first-order valence-electron chi connectivity index (χ1n) is 5.83. The second-order valence-corrected chi connectivity index (χ2v) is 6.12. The van der Waals surface area contributed by atoms with Gasteiger partial charge in [-0.1, -0.05) is 12.8 Å². The van der Waals surface area contributed by atoms with Crippen LogP contribution in [0.3, 0.4) is 0 Å². The van der Waals surface area contributed by atoms with Gasteiger partial charge in [0.15, 0.2) is 0 Å². The van der Waals surface area contributed by atoms with Crippen molar-refractivity contribution in [1.29, 1.82) is 0 Å². The number of nitrogen functional groups attached to an aromatic ring is 1. The van der Waals surface area contributed by atoms with E-state index in [2.05, 4.69) is 5.92 Å². The molecule has 6 heteroatoms. The quantitative estimate of drug-likeness (QED) is 0.662. The fourth-order valence-electron chi connectivity index (χ4n) is 1.70. The molecule has 1 aromatic carbocycles. The first-order valence-corrected chi connectivity index (χ1v) is 7.27. The average molecular weight is 284 g/mol. The minimum atomic E-state index is -3.74. The maximum absolute atomic E-state index is 13.4. The smallest absolute Gasteiger partial charge is 0.244 e. The monoisotopic (exact) mass is 284 g/mol. The molecule has 0 aliphatic carbocycles. The van der Waals surface area contributed by atoms with Crippen molar-refractivity contribution < 1.29 is 12.8 Å². The van der Waals surface area contributed by atoms with Gasteiger partial charge in [0.05, 0.1) is 17.1 Å². The standard InChI is InChI=1S/C13H17FN2O2S/c1-4-6-16(7-5-2)19(17,18)11-8-10(3)13(14)12(15)9-11/h1,8-9H,5-7,15H2,2-3H3. The topological polar surface area (TPSA) is 63.4 Å². The number of halogens is 1. The highest BCUT2D eigenvalue weighted by molar-refractivity contribution is 7.89. The number of sulfonamides is 1. The molecule has 104 valence electrons. The van der Waals surface area contributed by atoms with Crippen molar-refractivity contribution in [2.45, 2.75) is 25.2 Å². The average Bonchev–Trinajstić information content (AvgIpc) is 2.35. The van der Waals surface area contributed by atoms with Gasteiger partial charge in [-0.15, -0.1) is 6.42 Å². The van der Waals surface area contributed by atoms with Crippen LogP contribution in [-0.2, 0) is 10.0 Å². The van der Waals surface area contributed by atoms with Crippen molar-refractivity contribution in [3.05, 3.63) is 23.5 Å². The highest BCUT2D eigenvalue weighted by atomic mass is 32.2. The molecule has 0 heterocycles. The van der Waals surface area contributed by atoms with Gasteiger partial charge in [0, 0.05) is 6.54 Å². The number of nitrogens with two attached hydrogens (primary N) is 1. The summed E-state index contributed by atoms with van der Waals surface area (Å²) in [4.78, 5) is -0.0346. The molecule has 0 saturated carbocycles. The van der Waals surface area contributed by atoms with Crippen molar-refractivity contribution in [1.82, 2.24) is 4.31 Å². The molecule has 0 atom stereocenters. The van der Waals surface area contributed by atoms with E-state index in [1.807, 2.05) is 6.92 Å². The number of hydrogen-bond donors (Lipinski definition) is 1. The van der Waals surface area contributed by atoms with Crippen LogP contribution in [0.2, 0.25) is 0 Å². The van der Waals surface area contributed by atoms with Gasteiger partial charge in [0.25, 0.3) is 0 Å². The lowest BCUT2D eigenvalue weighted by molar-refractivity contribution is 0.445. The number of aryl methyl sites for hydroxylation is 1. The van der Waals surface area contributed by atoms with E-state index < -0.39 is 15.8 Å². The van der Waals surface area contributed by atoms with Gasteiger partial charge in [-0.25, -0.2) is 12.8 Å². The first kappa shape index (κ1) is 15.5. The summed E-state index contributed by atoms with van der Waals surface area (Å²) in [5.74, 6) is 1.71. The van der Waals surface area contributed by atoms with E-state index in [9.17, 15) is 12.8 Å². The number of anilines is 1. The Morgan fingerprint density at radius 3 is 2.58 bits per heavy atom. The van der Waals surface area contributed by atoms with E-state index >= 15 is 0 Å². The number of benzene rings is 1. The lowest BCUT2D eigenvalue weighted by atomic mass is 10.2. The molecule has 0 saturated heterocycles. The Hall–Kier alpha value is -1.58. The molecule has 2 N–H and O–H groups in total. The molecule has 19 heavy (non-hydrogen) atoms. The molecule has 0 aliphatic heterocycles. The van der Waals surface area contributed by atoms with Crippen LogP contribution in [0.4, 0.5) is 10.1 Å². The number of hydrogen-bond acceptors (Lipinski definition) is 3. The predicted octanol–water partition coefficient (Wildman–Crippen LogP) is 1.75. The van der Waals surface area contributed by atoms with Crippen molar-refractivity contribution in [3.8, 4) is 12.3 Å². The fraction of sp³-hybridized carbons (Fsp3) is 0.385. The SMILES string of the molecule is C#CCN(CCC)S(=O)(=O)c1cc(C)c(F)c(N)c1. The van der Waals surface area contributed by atoms with Gasteiger partial charge >= 0.3 is 0 Å². The molecule has 0 unspecified atom stereocenters. The van der Waals surface area contributed by atoms with Crippen LogP contribution in [0, 0.1) is 25.1 Å². The van der Waals surface area contributed by atoms with Gasteiger partial charge in [-0.2, -0.15) is 4.31 Å². The third-order valence-corrected chi connectivity index (χ3v) is 4.46. The summed E-state index contributed by atoms with van der Waals surface area (Å²) < 4.78 is 39.4. The van der Waals surface area contributed by atoms with E-state index in [0.29, 0.717) is 13.0 Å². The normalized spacial score (nSPS) is 11.5. The Bertz CT molecular complexity index is 583. The number of nitrogens with zero attached hydrogens (tertiary/aromatic N) is 1. The van der Waals surface area contributed by atoms with Crippen LogP contribution in [0.15, 0.2) is 17.0 Å². The Labute approximate surface area is 113 Å². The van der Waals surface area contributed by atoms with Crippen molar-refractivity contribution in [2.24, 2.45) is 0 Å². The number of rotatable bonds is 5. The van der Waals surface area contributed by atoms with E-state index in [4.69, 9.17) is 12.2 Å². The Balaban J connectivity index is 3.30. The van der Waals surface area contributed by atoms with Crippen molar-refractivity contribution in [2.75, 3.05) is 18.8 Å². The van der Waals surface area contributed by atoms with Crippen LogP contribution in [0.25, 0.3) is 0 Å². The van der Waals surface area contributed by atoms with Crippen molar-refractivity contribution in [3.63, 3.8) is 0 Å². The van der Waals surface area contributed by atoms with Crippen LogP contribution in [0.1, 0.15) is 18.9 Å². The third kappa shape index (κ3) is 3.25. The maximum atomic E-state index is 13.4. The Kier molecular flexibility index (Phi) is 4.92. The molecular weight excluding hydrogens is 267 g/mol. The largest absolute Gasteiger partial charge is 0.396 e. The van der Waals surface area contributed by atoms with E-state index in [0.717, 1.165) is 6.07 Å². The van der Waals surface area contributed by atoms with Gasteiger partial charge in [0.2, 0.25) is 10.0 Å². The minimum Gasteiger partial charge on any atom is -0.396 e. The maximum Gasteiger partial charge on any atom is 0.244 e. The van der Waals surface area contributed by atoms with Crippen LogP contribution >= 0.6 is 0 Å². The second kappa shape index (κ2) is 6.04.